The molecule has 1 atom stereocenters. The molecule has 0 spiro atoms. The van der Waals surface area contributed by atoms with E-state index in [-0.39, 0.29) is 6.29 Å². The van der Waals surface area contributed by atoms with Crippen molar-refractivity contribution in [2.75, 3.05) is 13.2 Å². The van der Waals surface area contributed by atoms with E-state index >= 15 is 0 Å². The van der Waals surface area contributed by atoms with Crippen LogP contribution in [0.25, 0.3) is 0 Å². The second kappa shape index (κ2) is 17.6. The predicted octanol–water partition coefficient (Wildman–Crippen LogP) is 8.33. The standard InChI is InChI=1S/C23H43F3O2/c24-23(25,26)19-15-13-11-9-7-5-3-1-2-4-6-8-10-12-14-16-20-27-22-18-17-21-28-22/h22H,1-21H2. The highest BCUT2D eigenvalue weighted by Gasteiger charge is 2.25. The van der Waals surface area contributed by atoms with Crippen LogP contribution in [0, 0.1) is 0 Å². The SMILES string of the molecule is FC(F)(F)CCCCCCCCCCCCCCCCCCOC1CCCO1. The topological polar surface area (TPSA) is 18.5 Å². The second-order valence-corrected chi connectivity index (χ2v) is 8.34. The van der Waals surface area contributed by atoms with Crippen molar-refractivity contribution < 1.29 is 22.6 Å². The first-order valence-electron chi connectivity index (χ1n) is 11.9. The highest BCUT2D eigenvalue weighted by molar-refractivity contribution is 4.55. The predicted molar refractivity (Wildman–Crippen MR) is 109 cm³/mol. The Labute approximate surface area is 170 Å². The van der Waals surface area contributed by atoms with Gasteiger partial charge in [-0.05, 0) is 19.3 Å². The molecule has 1 rings (SSSR count). The van der Waals surface area contributed by atoms with Gasteiger partial charge in [0.05, 0.1) is 0 Å². The number of rotatable bonds is 19. The first-order chi connectivity index (χ1) is 13.6. The summed E-state index contributed by atoms with van der Waals surface area (Å²) in [6.45, 7) is 1.71. The van der Waals surface area contributed by atoms with Gasteiger partial charge in [0.1, 0.15) is 0 Å². The monoisotopic (exact) mass is 408 g/mol. The highest BCUT2D eigenvalue weighted by atomic mass is 19.4. The molecule has 0 amide bonds. The zero-order chi connectivity index (χ0) is 20.3. The molecule has 1 aliphatic heterocycles. The fourth-order valence-electron chi connectivity index (χ4n) is 3.80. The lowest BCUT2D eigenvalue weighted by molar-refractivity contribution is -0.135. The Balaban J connectivity index is 1.64. The molecule has 0 saturated carbocycles. The van der Waals surface area contributed by atoms with Gasteiger partial charge in [-0.15, -0.1) is 0 Å². The molecule has 0 aliphatic carbocycles. The Hall–Kier alpha value is -0.290. The Morgan fingerprint density at radius 3 is 1.46 bits per heavy atom. The van der Waals surface area contributed by atoms with Crippen LogP contribution in [0.4, 0.5) is 13.2 Å². The summed E-state index contributed by atoms with van der Waals surface area (Å²) < 4.78 is 47.1. The highest BCUT2D eigenvalue weighted by Crippen LogP contribution is 2.23. The van der Waals surface area contributed by atoms with Crippen LogP contribution in [-0.4, -0.2) is 25.7 Å². The third kappa shape index (κ3) is 17.8. The van der Waals surface area contributed by atoms with Crippen molar-refractivity contribution in [1.82, 2.24) is 0 Å². The van der Waals surface area contributed by atoms with Crippen LogP contribution >= 0.6 is 0 Å². The van der Waals surface area contributed by atoms with Crippen molar-refractivity contribution >= 4 is 0 Å². The summed E-state index contributed by atoms with van der Waals surface area (Å²) in [5.41, 5.74) is 0. The molecule has 0 aromatic rings. The van der Waals surface area contributed by atoms with Gasteiger partial charge in [-0.25, -0.2) is 0 Å². The van der Waals surface area contributed by atoms with Gasteiger partial charge in [-0.1, -0.05) is 89.9 Å². The fraction of sp³-hybridized carbons (Fsp3) is 1.00. The Kier molecular flexibility index (Phi) is 16.1. The van der Waals surface area contributed by atoms with E-state index in [0.717, 1.165) is 51.7 Å². The molecule has 0 bridgehead atoms. The maximum Gasteiger partial charge on any atom is 0.389 e. The average molecular weight is 409 g/mol. The lowest BCUT2D eigenvalue weighted by atomic mass is 10.0. The van der Waals surface area contributed by atoms with E-state index in [1.54, 1.807) is 0 Å². The van der Waals surface area contributed by atoms with Gasteiger partial charge in [0.15, 0.2) is 6.29 Å². The molecular formula is C23H43F3O2. The molecule has 1 unspecified atom stereocenters. The fourth-order valence-corrected chi connectivity index (χ4v) is 3.80. The lowest BCUT2D eigenvalue weighted by Crippen LogP contribution is -2.11. The van der Waals surface area contributed by atoms with Crippen LogP contribution in [0.1, 0.15) is 122 Å². The minimum Gasteiger partial charge on any atom is -0.353 e. The number of hydrogen-bond acceptors (Lipinski definition) is 2. The van der Waals surface area contributed by atoms with Crippen LogP contribution in [0.3, 0.4) is 0 Å². The number of unbranched alkanes of at least 4 members (excludes halogenated alkanes) is 15. The van der Waals surface area contributed by atoms with E-state index in [2.05, 4.69) is 0 Å². The molecular weight excluding hydrogens is 365 g/mol. The van der Waals surface area contributed by atoms with Crippen molar-refractivity contribution in [3.8, 4) is 0 Å². The summed E-state index contributed by atoms with van der Waals surface area (Å²) in [5.74, 6) is 0. The molecule has 1 aliphatic rings. The molecule has 168 valence electrons. The van der Waals surface area contributed by atoms with Gasteiger partial charge >= 0.3 is 6.18 Å². The summed E-state index contributed by atoms with van der Waals surface area (Å²) in [6, 6.07) is 0. The van der Waals surface area contributed by atoms with Gasteiger partial charge in [-0.3, -0.25) is 0 Å². The van der Waals surface area contributed by atoms with E-state index in [1.165, 1.54) is 70.6 Å². The van der Waals surface area contributed by atoms with Crippen LogP contribution in [0.15, 0.2) is 0 Å². The molecule has 0 radical (unpaired) electrons. The first-order valence-corrected chi connectivity index (χ1v) is 11.9. The van der Waals surface area contributed by atoms with Crippen molar-refractivity contribution in [1.29, 1.82) is 0 Å². The zero-order valence-electron chi connectivity index (χ0n) is 17.9. The maximum absolute atomic E-state index is 12.0. The van der Waals surface area contributed by atoms with Crippen molar-refractivity contribution in [2.45, 2.75) is 134 Å². The molecule has 5 heteroatoms. The summed E-state index contributed by atoms with van der Waals surface area (Å²) >= 11 is 0. The molecule has 2 nitrogen and oxygen atoms in total. The third-order valence-corrected chi connectivity index (χ3v) is 5.55. The van der Waals surface area contributed by atoms with E-state index in [0.29, 0.717) is 6.42 Å². The number of ether oxygens (including phenoxy) is 2. The minimum atomic E-state index is -3.97. The number of hydrogen-bond donors (Lipinski definition) is 0. The molecule has 1 saturated heterocycles. The minimum absolute atomic E-state index is 0.0725. The summed E-state index contributed by atoms with van der Waals surface area (Å²) in [6.07, 6.45) is 16.2. The summed E-state index contributed by atoms with van der Waals surface area (Å²) in [7, 11) is 0. The van der Waals surface area contributed by atoms with Crippen LogP contribution in [0.2, 0.25) is 0 Å². The molecule has 0 aromatic carbocycles. The van der Waals surface area contributed by atoms with E-state index in [4.69, 9.17) is 9.47 Å². The van der Waals surface area contributed by atoms with Gasteiger partial charge < -0.3 is 9.47 Å². The number of alkyl halides is 3. The summed E-state index contributed by atoms with van der Waals surface area (Å²) in [5, 5.41) is 0. The summed E-state index contributed by atoms with van der Waals surface area (Å²) in [4.78, 5) is 0. The van der Waals surface area contributed by atoms with Crippen LogP contribution < -0.4 is 0 Å². The molecule has 1 heterocycles. The molecule has 1 fully saturated rings. The normalized spacial score (nSPS) is 17.5. The van der Waals surface area contributed by atoms with E-state index < -0.39 is 12.6 Å². The van der Waals surface area contributed by atoms with Crippen LogP contribution in [-0.2, 0) is 9.47 Å². The van der Waals surface area contributed by atoms with Crippen molar-refractivity contribution in [2.24, 2.45) is 0 Å². The lowest BCUT2D eigenvalue weighted by Gasteiger charge is -2.10. The van der Waals surface area contributed by atoms with Gasteiger partial charge in [0.25, 0.3) is 0 Å². The van der Waals surface area contributed by atoms with Gasteiger partial charge in [0, 0.05) is 26.1 Å². The number of halogens is 3. The largest absolute Gasteiger partial charge is 0.389 e. The average Bonchev–Trinajstić information content (AvgIpc) is 3.16. The van der Waals surface area contributed by atoms with E-state index in [1.807, 2.05) is 0 Å². The van der Waals surface area contributed by atoms with Crippen molar-refractivity contribution in [3.05, 3.63) is 0 Å². The first kappa shape index (κ1) is 25.7. The Morgan fingerprint density at radius 1 is 0.643 bits per heavy atom. The smallest absolute Gasteiger partial charge is 0.353 e. The molecule has 28 heavy (non-hydrogen) atoms. The van der Waals surface area contributed by atoms with Crippen molar-refractivity contribution in [3.63, 3.8) is 0 Å². The Bertz CT molecular complexity index is 328. The van der Waals surface area contributed by atoms with Crippen LogP contribution in [0.5, 0.6) is 0 Å². The molecule has 0 N–H and O–H groups in total. The maximum atomic E-state index is 12.0. The van der Waals surface area contributed by atoms with Gasteiger partial charge in [-0.2, -0.15) is 13.2 Å². The van der Waals surface area contributed by atoms with Gasteiger partial charge in [0.2, 0.25) is 0 Å². The quantitative estimate of drug-likeness (QED) is 0.200. The van der Waals surface area contributed by atoms with E-state index in [9.17, 15) is 13.2 Å². The zero-order valence-corrected chi connectivity index (χ0v) is 17.9. The third-order valence-electron chi connectivity index (χ3n) is 5.55. The Morgan fingerprint density at radius 2 is 1.07 bits per heavy atom. The second-order valence-electron chi connectivity index (χ2n) is 8.34. The molecule has 0 aromatic heterocycles.